The summed E-state index contributed by atoms with van der Waals surface area (Å²) in [4.78, 5) is 10.1. The van der Waals surface area contributed by atoms with Crippen LogP contribution in [0.2, 0.25) is 0 Å². The first-order valence-electron chi connectivity index (χ1n) is 14.8. The van der Waals surface area contributed by atoms with Crippen molar-refractivity contribution in [1.29, 1.82) is 0 Å². The van der Waals surface area contributed by atoms with E-state index < -0.39 is 0 Å². The Labute approximate surface area is 253 Å². The molecule has 0 unspecified atom stereocenters. The number of hydrogen-bond acceptors (Lipinski definition) is 3. The van der Waals surface area contributed by atoms with Gasteiger partial charge < -0.3 is 8.98 Å². The predicted molar refractivity (Wildman–Crippen MR) is 180 cm³/mol. The molecule has 0 amide bonds. The molecule has 0 radical (unpaired) electrons. The highest BCUT2D eigenvalue weighted by Gasteiger charge is 2.18. The monoisotopic (exact) mass is 563 g/mol. The van der Waals surface area contributed by atoms with Gasteiger partial charge in [-0.05, 0) is 36.4 Å². The summed E-state index contributed by atoms with van der Waals surface area (Å²) >= 11 is 0. The van der Waals surface area contributed by atoms with E-state index in [1.807, 2.05) is 48.5 Å². The van der Waals surface area contributed by atoms with Crippen LogP contribution in [0.4, 0.5) is 0 Å². The van der Waals surface area contributed by atoms with Crippen molar-refractivity contribution in [2.24, 2.45) is 0 Å². The van der Waals surface area contributed by atoms with E-state index in [2.05, 4.69) is 108 Å². The van der Waals surface area contributed by atoms with Gasteiger partial charge in [0.1, 0.15) is 11.2 Å². The molecular weight excluding hydrogens is 538 g/mol. The number of rotatable bonds is 4. The van der Waals surface area contributed by atoms with Crippen LogP contribution in [-0.2, 0) is 0 Å². The average molecular weight is 564 g/mol. The smallest absolute Gasteiger partial charge is 0.160 e. The van der Waals surface area contributed by atoms with Crippen LogP contribution in [0.1, 0.15) is 0 Å². The molecule has 0 aliphatic rings. The van der Waals surface area contributed by atoms with Gasteiger partial charge in [-0.25, -0.2) is 9.97 Å². The fourth-order valence-corrected chi connectivity index (χ4v) is 6.43. The largest absolute Gasteiger partial charge is 0.456 e. The molecule has 206 valence electrons. The van der Waals surface area contributed by atoms with Crippen molar-refractivity contribution < 1.29 is 4.42 Å². The summed E-state index contributed by atoms with van der Waals surface area (Å²) in [5.41, 5.74) is 9.87. The van der Waals surface area contributed by atoms with Crippen molar-refractivity contribution in [1.82, 2.24) is 14.5 Å². The summed E-state index contributed by atoms with van der Waals surface area (Å²) in [5.74, 6) is 0.695. The maximum Gasteiger partial charge on any atom is 0.160 e. The number of benzene rings is 6. The number of nitrogens with zero attached hydrogens (tertiary/aromatic N) is 3. The second kappa shape index (κ2) is 9.79. The third-order valence-electron chi connectivity index (χ3n) is 8.42. The first kappa shape index (κ1) is 24.6. The molecule has 0 aliphatic heterocycles. The van der Waals surface area contributed by atoms with Crippen molar-refractivity contribution in [2.45, 2.75) is 0 Å². The number of aromatic nitrogens is 3. The number of para-hydroxylation sites is 2. The van der Waals surface area contributed by atoms with E-state index in [-0.39, 0.29) is 0 Å². The molecule has 44 heavy (non-hydrogen) atoms. The van der Waals surface area contributed by atoms with Crippen LogP contribution >= 0.6 is 0 Å². The Morgan fingerprint density at radius 3 is 1.82 bits per heavy atom. The highest BCUT2D eigenvalue weighted by atomic mass is 16.3. The van der Waals surface area contributed by atoms with Gasteiger partial charge in [0, 0.05) is 50.0 Å². The minimum atomic E-state index is 0.695. The lowest BCUT2D eigenvalue weighted by molar-refractivity contribution is 0.668. The van der Waals surface area contributed by atoms with Crippen molar-refractivity contribution in [2.75, 3.05) is 0 Å². The summed E-state index contributed by atoms with van der Waals surface area (Å²) in [7, 11) is 0. The Bertz CT molecular complexity index is 2380. The Morgan fingerprint density at radius 1 is 0.455 bits per heavy atom. The van der Waals surface area contributed by atoms with E-state index in [4.69, 9.17) is 14.4 Å². The maximum atomic E-state index is 6.55. The third kappa shape index (κ3) is 3.85. The Morgan fingerprint density at radius 2 is 1.09 bits per heavy atom. The quantitative estimate of drug-likeness (QED) is 0.214. The van der Waals surface area contributed by atoms with Gasteiger partial charge in [-0.2, -0.15) is 0 Å². The van der Waals surface area contributed by atoms with E-state index in [9.17, 15) is 0 Å². The van der Waals surface area contributed by atoms with Crippen molar-refractivity contribution in [3.05, 3.63) is 152 Å². The summed E-state index contributed by atoms with van der Waals surface area (Å²) in [6.07, 6.45) is 0. The first-order valence-corrected chi connectivity index (χ1v) is 14.8. The zero-order chi connectivity index (χ0) is 29.0. The summed E-state index contributed by atoms with van der Waals surface area (Å²) in [6.45, 7) is 0. The van der Waals surface area contributed by atoms with Crippen LogP contribution in [0.15, 0.2) is 156 Å². The lowest BCUT2D eigenvalue weighted by Gasteiger charge is -2.10. The molecular formula is C40H25N3O. The van der Waals surface area contributed by atoms with Crippen molar-refractivity contribution >= 4 is 43.7 Å². The summed E-state index contributed by atoms with van der Waals surface area (Å²) in [6, 6.07) is 52.4. The van der Waals surface area contributed by atoms with Gasteiger partial charge in [0.25, 0.3) is 0 Å². The van der Waals surface area contributed by atoms with Gasteiger partial charge in [0.05, 0.1) is 22.4 Å². The second-order valence-corrected chi connectivity index (χ2v) is 11.0. The normalized spacial score (nSPS) is 11.6. The molecule has 0 N–H and O–H groups in total. The summed E-state index contributed by atoms with van der Waals surface area (Å²) in [5, 5.41) is 4.58. The maximum absolute atomic E-state index is 6.55. The zero-order valence-electron chi connectivity index (χ0n) is 23.7. The van der Waals surface area contributed by atoms with Crippen LogP contribution in [0, 0.1) is 0 Å². The highest BCUT2D eigenvalue weighted by molar-refractivity contribution is 6.13. The number of furan rings is 1. The fourth-order valence-electron chi connectivity index (χ4n) is 6.43. The predicted octanol–water partition coefficient (Wildman–Crippen LogP) is 10.5. The molecule has 0 saturated heterocycles. The van der Waals surface area contributed by atoms with Gasteiger partial charge in [-0.1, -0.05) is 109 Å². The molecule has 0 fully saturated rings. The van der Waals surface area contributed by atoms with Gasteiger partial charge in [0.2, 0.25) is 0 Å². The van der Waals surface area contributed by atoms with Crippen molar-refractivity contribution in [3.8, 4) is 39.6 Å². The molecule has 3 aromatic heterocycles. The van der Waals surface area contributed by atoms with E-state index in [0.717, 1.165) is 55.7 Å². The third-order valence-corrected chi connectivity index (χ3v) is 8.42. The lowest BCUT2D eigenvalue weighted by Crippen LogP contribution is -1.96. The topological polar surface area (TPSA) is 43.9 Å². The number of hydrogen-bond donors (Lipinski definition) is 0. The van der Waals surface area contributed by atoms with Crippen LogP contribution in [0.3, 0.4) is 0 Å². The fraction of sp³-hybridized carbons (Fsp3) is 0. The molecule has 6 aromatic carbocycles. The molecule has 0 spiro atoms. The van der Waals surface area contributed by atoms with Crippen LogP contribution in [0.25, 0.3) is 83.3 Å². The Balaban J connectivity index is 1.26. The van der Waals surface area contributed by atoms with Crippen LogP contribution in [0.5, 0.6) is 0 Å². The molecule has 4 nitrogen and oxygen atoms in total. The van der Waals surface area contributed by atoms with E-state index in [1.165, 1.54) is 21.8 Å². The molecule has 0 saturated carbocycles. The summed E-state index contributed by atoms with van der Waals surface area (Å²) < 4.78 is 8.87. The van der Waals surface area contributed by atoms with E-state index in [1.54, 1.807) is 0 Å². The molecule has 3 heterocycles. The van der Waals surface area contributed by atoms with Crippen molar-refractivity contribution in [3.63, 3.8) is 0 Å². The minimum Gasteiger partial charge on any atom is -0.456 e. The average Bonchev–Trinajstić information content (AvgIpc) is 3.64. The van der Waals surface area contributed by atoms with E-state index in [0.29, 0.717) is 5.82 Å². The van der Waals surface area contributed by atoms with Crippen LogP contribution < -0.4 is 0 Å². The van der Waals surface area contributed by atoms with Gasteiger partial charge in [-0.15, -0.1) is 0 Å². The molecule has 0 aliphatic carbocycles. The number of fused-ring (bicyclic) bond motifs is 6. The van der Waals surface area contributed by atoms with Gasteiger partial charge in [0.15, 0.2) is 5.82 Å². The Kier molecular flexibility index (Phi) is 5.47. The molecule has 9 rings (SSSR count). The van der Waals surface area contributed by atoms with E-state index >= 15 is 0 Å². The minimum absolute atomic E-state index is 0.695. The molecule has 0 atom stereocenters. The van der Waals surface area contributed by atoms with Gasteiger partial charge >= 0.3 is 0 Å². The Hall–Kier alpha value is -6.00. The van der Waals surface area contributed by atoms with Gasteiger partial charge in [-0.3, -0.25) is 0 Å². The highest BCUT2D eigenvalue weighted by Crippen LogP contribution is 2.39. The standard InChI is InChI=1S/C40H25N3O/c1-3-12-26(13-4-1)33-25-34(42-40(41-33)27-14-5-2-6-15-27)31-18-11-21-37-39(31)32-23-22-28(24-38(32)44-37)43-35-19-9-7-16-29(35)30-17-8-10-20-36(30)43/h1-25H. The lowest BCUT2D eigenvalue weighted by atomic mass is 10.0. The molecule has 0 bridgehead atoms. The SMILES string of the molecule is c1ccc(-c2cc(-c3cccc4oc5cc(-n6c7ccccc7c7ccccc76)ccc5c34)nc(-c3ccccc3)n2)cc1. The first-order chi connectivity index (χ1) is 21.8. The zero-order valence-corrected chi connectivity index (χ0v) is 23.7. The second-order valence-electron chi connectivity index (χ2n) is 11.0. The molecule has 4 heteroatoms. The van der Waals surface area contributed by atoms with Crippen LogP contribution in [-0.4, -0.2) is 14.5 Å². The molecule has 9 aromatic rings.